The van der Waals surface area contributed by atoms with Crippen LogP contribution in [0.2, 0.25) is 0 Å². The van der Waals surface area contributed by atoms with E-state index in [4.69, 9.17) is 9.72 Å². The summed E-state index contributed by atoms with van der Waals surface area (Å²) >= 11 is 0. The first kappa shape index (κ1) is 16.5. The number of hydrogen-bond acceptors (Lipinski definition) is 7. The molecule has 4 rings (SSSR count). The molecule has 3 aromatic heterocycles. The van der Waals surface area contributed by atoms with Crippen LogP contribution in [0, 0.1) is 0 Å². The van der Waals surface area contributed by atoms with Gasteiger partial charge in [0.05, 0.1) is 18.5 Å². The van der Waals surface area contributed by atoms with Gasteiger partial charge in [-0.1, -0.05) is 13.0 Å². The van der Waals surface area contributed by atoms with E-state index in [0.29, 0.717) is 12.6 Å². The van der Waals surface area contributed by atoms with Gasteiger partial charge in [0.15, 0.2) is 0 Å². The van der Waals surface area contributed by atoms with Crippen molar-refractivity contribution in [1.29, 1.82) is 0 Å². The van der Waals surface area contributed by atoms with E-state index in [1.807, 2.05) is 37.6 Å². The molecule has 0 saturated carbocycles. The Balaban J connectivity index is 1.74. The fraction of sp³-hybridized carbons (Fsp3) is 0.333. The van der Waals surface area contributed by atoms with Crippen LogP contribution in [0.4, 0.5) is 23.3 Å². The van der Waals surface area contributed by atoms with Crippen LogP contribution in [0.1, 0.15) is 12.5 Å². The summed E-state index contributed by atoms with van der Waals surface area (Å²) in [5.74, 6) is 2.24. The SMILES string of the molecule is COCC1(C)CN(c2ccccn2)c2nc(Nc3cnn(C)c3)ncc21. The highest BCUT2D eigenvalue weighted by Crippen LogP contribution is 2.43. The minimum absolute atomic E-state index is 0.200. The minimum atomic E-state index is -0.200. The van der Waals surface area contributed by atoms with Crippen molar-refractivity contribution in [2.75, 3.05) is 30.5 Å². The Hall–Kier alpha value is -3.00. The second kappa shape index (κ2) is 6.38. The molecule has 26 heavy (non-hydrogen) atoms. The number of rotatable bonds is 5. The topological polar surface area (TPSA) is 81.0 Å². The van der Waals surface area contributed by atoms with Gasteiger partial charge in [-0.05, 0) is 12.1 Å². The Morgan fingerprint density at radius 3 is 2.85 bits per heavy atom. The summed E-state index contributed by atoms with van der Waals surface area (Å²) < 4.78 is 7.20. The van der Waals surface area contributed by atoms with Crippen molar-refractivity contribution in [2.24, 2.45) is 7.05 Å². The van der Waals surface area contributed by atoms with Crippen LogP contribution in [-0.2, 0) is 17.2 Å². The number of nitrogens with zero attached hydrogens (tertiary/aromatic N) is 6. The lowest BCUT2D eigenvalue weighted by Crippen LogP contribution is -2.33. The number of anilines is 4. The lowest BCUT2D eigenvalue weighted by molar-refractivity contribution is 0.145. The molecule has 0 bridgehead atoms. The van der Waals surface area contributed by atoms with E-state index in [9.17, 15) is 0 Å². The third-order valence-electron chi connectivity index (χ3n) is 4.53. The average molecular weight is 351 g/mol. The number of ether oxygens (including phenoxy) is 1. The van der Waals surface area contributed by atoms with E-state index in [2.05, 4.69) is 32.2 Å². The van der Waals surface area contributed by atoms with E-state index in [1.165, 1.54) is 0 Å². The minimum Gasteiger partial charge on any atom is -0.384 e. The van der Waals surface area contributed by atoms with Crippen LogP contribution in [0.15, 0.2) is 43.0 Å². The molecule has 1 atom stereocenters. The maximum atomic E-state index is 5.47. The van der Waals surface area contributed by atoms with Crippen LogP contribution in [0.25, 0.3) is 0 Å². The van der Waals surface area contributed by atoms with Crippen LogP contribution >= 0.6 is 0 Å². The zero-order valence-electron chi connectivity index (χ0n) is 15.0. The molecule has 0 radical (unpaired) electrons. The Labute approximate surface area is 151 Å². The van der Waals surface area contributed by atoms with Crippen molar-refractivity contribution in [3.05, 3.63) is 48.5 Å². The van der Waals surface area contributed by atoms with Gasteiger partial charge in [-0.25, -0.2) is 9.97 Å². The first-order valence-electron chi connectivity index (χ1n) is 8.40. The molecule has 3 aromatic rings. The highest BCUT2D eigenvalue weighted by molar-refractivity contribution is 5.68. The summed E-state index contributed by atoms with van der Waals surface area (Å²) in [6, 6.07) is 5.87. The number of aryl methyl sites for hydroxylation is 1. The second-order valence-electron chi connectivity index (χ2n) is 6.73. The van der Waals surface area contributed by atoms with Gasteiger partial charge in [-0.2, -0.15) is 10.1 Å². The average Bonchev–Trinajstić information content (AvgIpc) is 3.17. The van der Waals surface area contributed by atoms with Crippen LogP contribution < -0.4 is 10.2 Å². The van der Waals surface area contributed by atoms with Gasteiger partial charge in [0.25, 0.3) is 0 Å². The highest BCUT2D eigenvalue weighted by Gasteiger charge is 2.41. The molecular weight excluding hydrogens is 330 g/mol. The Morgan fingerprint density at radius 2 is 2.15 bits per heavy atom. The monoisotopic (exact) mass is 351 g/mol. The molecule has 1 aliphatic rings. The fourth-order valence-corrected chi connectivity index (χ4v) is 3.33. The summed E-state index contributed by atoms with van der Waals surface area (Å²) in [4.78, 5) is 15.9. The quantitative estimate of drug-likeness (QED) is 0.756. The van der Waals surface area contributed by atoms with E-state index >= 15 is 0 Å². The maximum absolute atomic E-state index is 5.47. The van der Waals surface area contributed by atoms with E-state index in [0.717, 1.165) is 29.4 Å². The van der Waals surface area contributed by atoms with Crippen molar-refractivity contribution in [1.82, 2.24) is 24.7 Å². The van der Waals surface area contributed by atoms with Crippen molar-refractivity contribution < 1.29 is 4.74 Å². The van der Waals surface area contributed by atoms with Gasteiger partial charge in [0, 0.05) is 50.3 Å². The molecule has 8 nitrogen and oxygen atoms in total. The van der Waals surface area contributed by atoms with Gasteiger partial charge in [0.2, 0.25) is 5.95 Å². The lowest BCUT2D eigenvalue weighted by atomic mass is 9.87. The normalized spacial score (nSPS) is 18.8. The van der Waals surface area contributed by atoms with Gasteiger partial charge < -0.3 is 15.0 Å². The lowest BCUT2D eigenvalue weighted by Gasteiger charge is -2.24. The Kier molecular flexibility index (Phi) is 4.04. The second-order valence-corrected chi connectivity index (χ2v) is 6.73. The van der Waals surface area contributed by atoms with Crippen LogP contribution in [-0.4, -0.2) is 45.0 Å². The molecule has 0 aromatic carbocycles. The molecule has 1 N–H and O–H groups in total. The molecule has 0 spiro atoms. The summed E-state index contributed by atoms with van der Waals surface area (Å²) in [5.41, 5.74) is 1.70. The third kappa shape index (κ3) is 2.88. The van der Waals surface area contributed by atoms with Crippen LogP contribution in [0.3, 0.4) is 0 Å². The van der Waals surface area contributed by atoms with E-state index < -0.39 is 0 Å². The van der Waals surface area contributed by atoms with Crippen molar-refractivity contribution in [3.8, 4) is 0 Å². The Morgan fingerprint density at radius 1 is 1.27 bits per heavy atom. The van der Waals surface area contributed by atoms with Crippen molar-refractivity contribution in [3.63, 3.8) is 0 Å². The molecular formula is C18H21N7O. The molecule has 0 aliphatic carbocycles. The van der Waals surface area contributed by atoms with Gasteiger partial charge >= 0.3 is 0 Å². The summed E-state index contributed by atoms with van der Waals surface area (Å²) in [6.07, 6.45) is 7.28. The smallest absolute Gasteiger partial charge is 0.229 e. The van der Waals surface area contributed by atoms with E-state index in [-0.39, 0.29) is 5.41 Å². The summed E-state index contributed by atoms with van der Waals surface area (Å²) in [7, 11) is 3.58. The first-order valence-corrected chi connectivity index (χ1v) is 8.40. The predicted molar refractivity (Wildman–Crippen MR) is 99.0 cm³/mol. The van der Waals surface area contributed by atoms with Gasteiger partial charge in [-0.3, -0.25) is 4.68 Å². The number of hydrogen-bond donors (Lipinski definition) is 1. The molecule has 0 fully saturated rings. The summed E-state index contributed by atoms with van der Waals surface area (Å²) in [6.45, 7) is 3.48. The zero-order chi connectivity index (χ0) is 18.1. The van der Waals surface area contributed by atoms with E-state index in [1.54, 1.807) is 24.2 Å². The summed E-state index contributed by atoms with van der Waals surface area (Å²) in [5, 5.41) is 7.36. The largest absolute Gasteiger partial charge is 0.384 e. The first-order chi connectivity index (χ1) is 12.6. The van der Waals surface area contributed by atoms with Gasteiger partial charge in [0.1, 0.15) is 11.6 Å². The molecule has 4 heterocycles. The van der Waals surface area contributed by atoms with Crippen molar-refractivity contribution >= 4 is 23.3 Å². The molecule has 1 aliphatic heterocycles. The standard InChI is InChI=1S/C18H21N7O/c1-18(12-26-3)11-25(15-6-4-5-7-19-15)16-14(18)9-20-17(23-16)22-13-8-21-24(2)10-13/h4-10H,11-12H2,1-3H3,(H,20,22,23). The third-order valence-corrected chi connectivity index (χ3v) is 4.53. The number of fused-ring (bicyclic) bond motifs is 1. The molecule has 0 amide bonds. The Bertz CT molecular complexity index is 911. The van der Waals surface area contributed by atoms with Crippen LogP contribution in [0.5, 0.6) is 0 Å². The fourth-order valence-electron chi connectivity index (χ4n) is 3.33. The number of methoxy groups -OCH3 is 1. The molecule has 1 unspecified atom stereocenters. The highest BCUT2D eigenvalue weighted by atomic mass is 16.5. The molecule has 8 heteroatoms. The molecule has 134 valence electrons. The maximum Gasteiger partial charge on any atom is 0.229 e. The number of pyridine rings is 1. The predicted octanol–water partition coefficient (Wildman–Crippen LogP) is 2.40. The van der Waals surface area contributed by atoms with Gasteiger partial charge in [-0.15, -0.1) is 0 Å². The van der Waals surface area contributed by atoms with Crippen molar-refractivity contribution in [2.45, 2.75) is 12.3 Å². The zero-order valence-corrected chi connectivity index (χ0v) is 15.0. The number of aromatic nitrogens is 5. The number of nitrogens with one attached hydrogen (secondary N) is 1. The molecule has 0 saturated heterocycles.